The van der Waals surface area contributed by atoms with Crippen molar-refractivity contribution in [2.45, 2.75) is 102 Å². The summed E-state index contributed by atoms with van der Waals surface area (Å²) in [6, 6.07) is 14.6. The zero-order valence-electron chi connectivity index (χ0n) is 46.3. The van der Waals surface area contributed by atoms with E-state index in [1.165, 1.54) is 23.1 Å². The maximum Gasteiger partial charge on any atom is 0.417 e. The summed E-state index contributed by atoms with van der Waals surface area (Å²) >= 11 is 0.688. The number of amides is 2. The minimum atomic E-state index is -5.10. The van der Waals surface area contributed by atoms with Gasteiger partial charge in [-0.15, -0.1) is 11.3 Å². The number of alkyl halides is 3. The highest BCUT2D eigenvalue weighted by Gasteiger charge is 2.45. The van der Waals surface area contributed by atoms with Gasteiger partial charge in [0.05, 0.1) is 40.1 Å². The van der Waals surface area contributed by atoms with Crippen LogP contribution in [0.3, 0.4) is 0 Å². The van der Waals surface area contributed by atoms with E-state index in [1.54, 1.807) is 37.3 Å². The highest BCUT2D eigenvalue weighted by molar-refractivity contribution is 7.23. The van der Waals surface area contributed by atoms with Gasteiger partial charge < -0.3 is 45.3 Å². The van der Waals surface area contributed by atoms with Gasteiger partial charge in [-0.3, -0.25) is 14.5 Å². The Morgan fingerprint density at radius 3 is 2.32 bits per heavy atom. The third-order valence-electron chi connectivity index (χ3n) is 16.8. The SMILES string of the molecule is CC(C)[C@@H](C(=O)N1C[C@H](O)C[C@H]1C(=O)N[C@@H](C)c1ccc(-c2c(F)cccc2F)cc1)c1cc(OCC2(C)CCN(CCOc3nc(N4CC5CCC(C4)N5)c4cc(C(F)(F)F)c(-c5ccc(F)c6sc(N)c(C#N)c56)c(F)c4n3)CC2)no1. The summed E-state index contributed by atoms with van der Waals surface area (Å²) in [7, 11) is 0. The molecule has 4 aliphatic heterocycles. The quantitative estimate of drug-likeness (QED) is 0.0664. The fraction of sp³-hybridized carbons (Fsp3) is 0.433. The normalized spacial score (nSPS) is 20.6. The Kier molecular flexibility index (Phi) is 16.0. The number of β-amino-alcohol motifs (C(OH)–C–C–N with tert-alkyl or cyclic N) is 1. The van der Waals surface area contributed by atoms with E-state index in [0.29, 0.717) is 68.0 Å². The van der Waals surface area contributed by atoms with E-state index in [4.69, 9.17) is 19.7 Å². The molecule has 2 bridgehead atoms. The number of ether oxygens (including phenoxy) is 2. The van der Waals surface area contributed by atoms with E-state index < -0.39 is 82.0 Å². The zero-order valence-corrected chi connectivity index (χ0v) is 47.2. The number of aliphatic hydroxyl groups excluding tert-OH is 1. The molecular formula is C60H61F7N10O6S. The minimum Gasteiger partial charge on any atom is -0.475 e. The van der Waals surface area contributed by atoms with Gasteiger partial charge in [-0.1, -0.05) is 57.2 Å². The van der Waals surface area contributed by atoms with Crippen molar-refractivity contribution < 1.29 is 59.4 Å². The molecule has 0 aliphatic carbocycles. The van der Waals surface area contributed by atoms with Gasteiger partial charge in [-0.05, 0) is 97.7 Å². The van der Waals surface area contributed by atoms with Crippen molar-refractivity contribution in [2.24, 2.45) is 11.3 Å². The van der Waals surface area contributed by atoms with E-state index in [2.05, 4.69) is 37.6 Å². The molecule has 4 aromatic carbocycles. The van der Waals surface area contributed by atoms with Crippen molar-refractivity contribution in [3.05, 3.63) is 112 Å². The van der Waals surface area contributed by atoms with Gasteiger partial charge >= 0.3 is 12.2 Å². The number of carbonyl (C=O) groups excluding carboxylic acids is 2. The van der Waals surface area contributed by atoms with Gasteiger partial charge in [-0.2, -0.15) is 28.4 Å². The molecule has 7 heterocycles. The van der Waals surface area contributed by atoms with Crippen LogP contribution in [0, 0.1) is 45.9 Å². The van der Waals surface area contributed by atoms with Crippen molar-refractivity contribution in [2.75, 3.05) is 63.1 Å². The second-order valence-electron chi connectivity index (χ2n) is 23.1. The molecule has 4 fully saturated rings. The lowest BCUT2D eigenvalue weighted by Crippen LogP contribution is -2.51. The number of benzene rings is 4. The molecule has 2 amide bonds. The fourth-order valence-electron chi connectivity index (χ4n) is 12.2. The maximum atomic E-state index is 17.3. The average Bonchev–Trinajstić information content (AvgIpc) is 3.33. The molecule has 4 aliphatic rings. The lowest BCUT2D eigenvalue weighted by atomic mass is 9.81. The molecule has 2 unspecified atom stereocenters. The Bertz CT molecular complexity index is 3660. The lowest BCUT2D eigenvalue weighted by molar-refractivity contribution is -0.141. The lowest BCUT2D eigenvalue weighted by Gasteiger charge is -2.38. The number of fused-ring (bicyclic) bond motifs is 4. The number of halogens is 7. The third-order valence-corrected chi connectivity index (χ3v) is 17.8. The molecule has 7 aromatic rings. The number of piperazine rings is 1. The van der Waals surface area contributed by atoms with Crippen LogP contribution in [0.5, 0.6) is 11.9 Å². The topological polar surface area (TPSA) is 208 Å². The first-order valence-corrected chi connectivity index (χ1v) is 28.7. The Labute approximate surface area is 482 Å². The van der Waals surface area contributed by atoms with E-state index in [-0.39, 0.29) is 110 Å². The molecule has 3 aromatic heterocycles. The largest absolute Gasteiger partial charge is 0.475 e. The van der Waals surface area contributed by atoms with Crippen LogP contribution in [0.4, 0.5) is 41.6 Å². The van der Waals surface area contributed by atoms with Crippen LogP contribution in [-0.4, -0.2) is 119 Å². The number of piperidine rings is 1. The molecule has 0 spiro atoms. The van der Waals surface area contributed by atoms with Crippen LogP contribution in [0.2, 0.25) is 0 Å². The first-order chi connectivity index (χ1) is 40.1. The smallest absolute Gasteiger partial charge is 0.417 e. The standard InChI is InChI=1S/C60H61F7N10O6S/c1-30(2)47(57(80)77-28-36(78)22-44(77)56(79)70-31(3)32-8-10-33(11-9-32)48-41(61)6-5-7-42(48)62)45-24-46(74-83-45)82-29-59(4)16-18-75(19-17-59)20-21-81-58-72-52-38(55(73-58)76-26-34-12-13-35(27-76)71-34)23-40(60(65,66)67)50(51(52)64)37-14-15-43(63)53-49(37)39(25-68)54(69)84-53/h5-11,14-15,23-24,30-31,34-36,44,47,71,78H,12-13,16-22,26-29,69H2,1-4H3,(H,70,79)/t31-,34?,35?,36+,44-,47+/m0/s1. The maximum absolute atomic E-state index is 17.3. The Balaban J connectivity index is 0.733. The van der Waals surface area contributed by atoms with E-state index >= 15 is 22.0 Å². The summed E-state index contributed by atoms with van der Waals surface area (Å²) in [5, 5.41) is 30.8. The fourth-order valence-corrected chi connectivity index (χ4v) is 13.2. The number of anilines is 2. The summed E-state index contributed by atoms with van der Waals surface area (Å²) in [5.74, 6) is -5.17. The first kappa shape index (κ1) is 58.2. The molecule has 5 N–H and O–H groups in total. The molecule has 84 heavy (non-hydrogen) atoms. The van der Waals surface area contributed by atoms with Crippen LogP contribution in [0.25, 0.3) is 43.2 Å². The highest BCUT2D eigenvalue weighted by atomic mass is 32.1. The zero-order chi connectivity index (χ0) is 59.5. The average molecular weight is 1180 g/mol. The minimum absolute atomic E-state index is 0.00934. The molecule has 0 saturated carbocycles. The molecule has 16 nitrogen and oxygen atoms in total. The number of nitrogen functional groups attached to an aromatic ring is 1. The van der Waals surface area contributed by atoms with Crippen LogP contribution in [0.15, 0.2) is 71.3 Å². The van der Waals surface area contributed by atoms with E-state index in [9.17, 15) is 28.7 Å². The van der Waals surface area contributed by atoms with Crippen LogP contribution in [-0.2, 0) is 15.8 Å². The Hall–Kier alpha value is -7.59. The summed E-state index contributed by atoms with van der Waals surface area (Å²) < 4.78 is 125. The third kappa shape index (κ3) is 11.4. The predicted octanol–water partition coefficient (Wildman–Crippen LogP) is 10.3. The number of aliphatic hydroxyl groups is 1. The molecule has 442 valence electrons. The first-order valence-electron chi connectivity index (χ1n) is 27.9. The number of thiophene rings is 1. The number of nitrogens with one attached hydrogen (secondary N) is 2. The number of likely N-dealkylation sites (tertiary alicyclic amines) is 2. The number of nitriles is 1. The van der Waals surface area contributed by atoms with Crippen molar-refractivity contribution in [1.82, 2.24) is 35.6 Å². The van der Waals surface area contributed by atoms with Crippen LogP contribution < -0.4 is 30.7 Å². The number of nitrogens with zero attached hydrogens (tertiary/aromatic N) is 7. The highest BCUT2D eigenvalue weighted by Crippen LogP contribution is 2.49. The number of hydrogen-bond donors (Lipinski definition) is 4. The van der Waals surface area contributed by atoms with Crippen molar-refractivity contribution in [3.63, 3.8) is 0 Å². The van der Waals surface area contributed by atoms with Crippen LogP contribution in [0.1, 0.15) is 94.2 Å². The molecular weight excluding hydrogens is 1120 g/mol. The van der Waals surface area contributed by atoms with E-state index in [1.807, 2.05) is 24.8 Å². The molecule has 24 heteroatoms. The van der Waals surface area contributed by atoms with Gasteiger partial charge in [0, 0.05) is 72.5 Å². The second-order valence-corrected chi connectivity index (χ2v) is 24.1. The van der Waals surface area contributed by atoms with Crippen LogP contribution >= 0.6 is 11.3 Å². The summed E-state index contributed by atoms with van der Waals surface area (Å²) in [5.41, 5.74) is 3.25. The Morgan fingerprint density at radius 2 is 1.65 bits per heavy atom. The van der Waals surface area contributed by atoms with Gasteiger partial charge in [0.15, 0.2) is 11.6 Å². The van der Waals surface area contributed by atoms with Crippen molar-refractivity contribution >= 4 is 55.0 Å². The molecule has 11 rings (SSSR count). The van der Waals surface area contributed by atoms with Gasteiger partial charge in [0.1, 0.15) is 58.4 Å². The number of carbonyl (C=O) groups is 2. The van der Waals surface area contributed by atoms with Gasteiger partial charge in [0.25, 0.3) is 5.88 Å². The predicted molar refractivity (Wildman–Crippen MR) is 300 cm³/mol. The van der Waals surface area contributed by atoms with Gasteiger partial charge in [0.2, 0.25) is 11.8 Å². The summed E-state index contributed by atoms with van der Waals surface area (Å²) in [4.78, 5) is 42.6. The number of nitrogens with two attached hydrogens (primary N) is 1. The monoisotopic (exact) mass is 1180 g/mol. The molecule has 4 saturated heterocycles. The summed E-state index contributed by atoms with van der Waals surface area (Å²) in [6.07, 6.45) is -2.96. The Morgan fingerprint density at radius 1 is 0.952 bits per heavy atom. The molecule has 0 radical (unpaired) electrons. The number of aromatic nitrogens is 3. The second kappa shape index (κ2) is 23.1. The van der Waals surface area contributed by atoms with Crippen molar-refractivity contribution in [1.29, 1.82) is 5.26 Å². The molecule has 6 atom stereocenters. The van der Waals surface area contributed by atoms with Crippen molar-refractivity contribution in [3.8, 4) is 40.2 Å². The number of rotatable bonds is 16. The van der Waals surface area contributed by atoms with E-state index in [0.717, 1.165) is 31.0 Å². The summed E-state index contributed by atoms with van der Waals surface area (Å²) in [6.45, 7) is 10.2. The van der Waals surface area contributed by atoms with Gasteiger partial charge in [-0.25, -0.2) is 17.6 Å². The number of hydrogen-bond acceptors (Lipinski definition) is 15.